The van der Waals surface area contributed by atoms with E-state index >= 15 is 0 Å². The zero-order valence-corrected chi connectivity index (χ0v) is 16.4. The van der Waals surface area contributed by atoms with E-state index in [0.29, 0.717) is 19.4 Å². The molecule has 0 aromatic heterocycles. The maximum absolute atomic E-state index is 12.8. The normalized spacial score (nSPS) is 14.1. The van der Waals surface area contributed by atoms with Gasteiger partial charge in [0.15, 0.2) is 5.78 Å². The predicted molar refractivity (Wildman–Crippen MR) is 106 cm³/mol. The number of carbonyl (C=O) groups is 3. The van der Waals surface area contributed by atoms with Crippen molar-refractivity contribution in [1.29, 1.82) is 0 Å². The van der Waals surface area contributed by atoms with Crippen molar-refractivity contribution in [3.05, 3.63) is 35.9 Å². The zero-order chi connectivity index (χ0) is 20.2. The van der Waals surface area contributed by atoms with Crippen LogP contribution in [0.3, 0.4) is 0 Å². The van der Waals surface area contributed by atoms with Crippen LogP contribution in [0, 0.1) is 0 Å². The van der Waals surface area contributed by atoms with Crippen molar-refractivity contribution in [1.82, 2.24) is 10.6 Å². The summed E-state index contributed by atoms with van der Waals surface area (Å²) in [6.07, 6.45) is 2.18. The first-order valence-corrected chi connectivity index (χ1v) is 9.61. The summed E-state index contributed by atoms with van der Waals surface area (Å²) in [4.78, 5) is 36.9. The Hall–Kier alpha value is -1.96. The third kappa shape index (κ3) is 8.51. The monoisotopic (exact) mass is 396 g/mol. The molecule has 150 valence electrons. The van der Waals surface area contributed by atoms with Gasteiger partial charge in [-0.3, -0.25) is 14.4 Å². The van der Waals surface area contributed by atoms with Gasteiger partial charge in [-0.1, -0.05) is 30.3 Å². The predicted octanol–water partition coefficient (Wildman–Crippen LogP) is 0.483. The van der Waals surface area contributed by atoms with E-state index in [2.05, 4.69) is 10.6 Å². The Labute approximate surface area is 165 Å². The number of hydrogen-bond acceptors (Lipinski definition) is 5. The Morgan fingerprint density at radius 2 is 1.67 bits per heavy atom. The molecule has 2 amide bonds. The molecule has 27 heavy (non-hydrogen) atoms. The van der Waals surface area contributed by atoms with Crippen molar-refractivity contribution in [2.75, 3.05) is 12.4 Å². The van der Waals surface area contributed by atoms with Crippen molar-refractivity contribution >= 4 is 29.2 Å². The molecule has 0 spiro atoms. The Balaban J connectivity index is 2.88. The molecule has 6 N–H and O–H groups in total. The molecule has 0 heterocycles. The topological polar surface area (TPSA) is 127 Å². The van der Waals surface area contributed by atoms with Crippen LogP contribution in [0.4, 0.5) is 0 Å². The Morgan fingerprint density at radius 1 is 1.04 bits per heavy atom. The second-order valence-corrected chi connectivity index (χ2v) is 6.75. The summed E-state index contributed by atoms with van der Waals surface area (Å²) < 4.78 is 0. The lowest BCUT2D eigenvalue weighted by molar-refractivity contribution is -0.131. The van der Waals surface area contributed by atoms with E-state index < -0.39 is 29.9 Å². The minimum atomic E-state index is -0.842. The second-order valence-electron chi connectivity index (χ2n) is 6.49. The first kappa shape index (κ1) is 23.1. The molecule has 1 rings (SSSR count). The molecular formula is C19H29ClN4O3. The number of rotatable bonds is 12. The van der Waals surface area contributed by atoms with Crippen LogP contribution in [0.5, 0.6) is 0 Å². The summed E-state index contributed by atoms with van der Waals surface area (Å²) in [5.74, 6) is -1.33. The summed E-state index contributed by atoms with van der Waals surface area (Å²) in [6, 6.07) is 7.00. The summed E-state index contributed by atoms with van der Waals surface area (Å²) in [5.41, 5.74) is 12.0. The van der Waals surface area contributed by atoms with Gasteiger partial charge in [0, 0.05) is 6.42 Å². The highest BCUT2D eigenvalue weighted by Gasteiger charge is 2.27. The molecule has 0 radical (unpaired) electrons. The van der Waals surface area contributed by atoms with Gasteiger partial charge in [0.2, 0.25) is 11.8 Å². The number of amides is 2. The number of hydrogen-bond donors (Lipinski definition) is 4. The lowest BCUT2D eigenvalue weighted by atomic mass is 10.0. The van der Waals surface area contributed by atoms with Crippen LogP contribution in [0.2, 0.25) is 0 Å². The fourth-order valence-corrected chi connectivity index (χ4v) is 2.72. The van der Waals surface area contributed by atoms with Crippen molar-refractivity contribution < 1.29 is 14.4 Å². The highest BCUT2D eigenvalue weighted by molar-refractivity contribution is 6.28. The van der Waals surface area contributed by atoms with Gasteiger partial charge >= 0.3 is 0 Å². The number of nitrogens with two attached hydrogens (primary N) is 2. The molecule has 1 aromatic rings. The average Bonchev–Trinajstić information content (AvgIpc) is 2.66. The summed E-state index contributed by atoms with van der Waals surface area (Å²) in [5, 5.41) is 5.38. The van der Waals surface area contributed by atoms with Gasteiger partial charge in [-0.25, -0.2) is 0 Å². The van der Waals surface area contributed by atoms with E-state index in [-0.39, 0.29) is 18.1 Å². The lowest BCUT2D eigenvalue weighted by Gasteiger charge is -2.23. The lowest BCUT2D eigenvalue weighted by Crippen LogP contribution is -2.55. The van der Waals surface area contributed by atoms with Gasteiger partial charge in [0.1, 0.15) is 6.04 Å². The maximum Gasteiger partial charge on any atom is 0.243 e. The third-order valence-electron chi connectivity index (χ3n) is 4.11. The molecule has 1 unspecified atom stereocenters. The minimum absolute atomic E-state index is 0.191. The standard InChI is InChI=1S/C19H29ClN4O3/c1-13(22)18(26)24-16(11-14-7-3-2-4-8-14)19(27)23-15(17(25)12-20)9-5-6-10-21/h2-4,7-8,13,15-16H,5-6,9-12,21-22H2,1H3,(H,23,27)(H,24,26)/t13-,15?,16-/m0/s1. The fraction of sp³-hybridized carbons (Fsp3) is 0.526. The zero-order valence-electron chi connectivity index (χ0n) is 15.6. The summed E-state index contributed by atoms with van der Waals surface area (Å²) in [6.45, 7) is 2.05. The van der Waals surface area contributed by atoms with E-state index in [1.807, 2.05) is 30.3 Å². The first-order valence-electron chi connectivity index (χ1n) is 9.08. The van der Waals surface area contributed by atoms with E-state index in [1.54, 1.807) is 6.92 Å². The quantitative estimate of drug-likeness (QED) is 0.302. The average molecular weight is 397 g/mol. The highest BCUT2D eigenvalue weighted by Crippen LogP contribution is 2.07. The highest BCUT2D eigenvalue weighted by atomic mass is 35.5. The molecule has 0 saturated carbocycles. The van der Waals surface area contributed by atoms with Gasteiger partial charge in [0.25, 0.3) is 0 Å². The summed E-state index contributed by atoms with van der Waals surface area (Å²) >= 11 is 5.67. The van der Waals surface area contributed by atoms with Crippen LogP contribution in [0.15, 0.2) is 30.3 Å². The molecule has 0 bridgehead atoms. The van der Waals surface area contributed by atoms with Gasteiger partial charge in [0.05, 0.1) is 18.0 Å². The molecule has 1 aromatic carbocycles. The number of alkyl halides is 1. The number of nitrogens with one attached hydrogen (secondary N) is 2. The number of unbranched alkanes of at least 4 members (excludes halogenated alkanes) is 1. The van der Waals surface area contributed by atoms with Gasteiger partial charge in [-0.05, 0) is 38.3 Å². The van der Waals surface area contributed by atoms with Crippen molar-refractivity contribution in [2.45, 2.75) is 50.7 Å². The first-order chi connectivity index (χ1) is 12.9. The molecule has 0 saturated heterocycles. The number of benzene rings is 1. The molecular weight excluding hydrogens is 368 g/mol. The molecule has 3 atom stereocenters. The largest absolute Gasteiger partial charge is 0.344 e. The van der Waals surface area contributed by atoms with Crippen LogP contribution in [0.1, 0.15) is 31.7 Å². The smallest absolute Gasteiger partial charge is 0.243 e. The minimum Gasteiger partial charge on any atom is -0.344 e. The Bertz CT molecular complexity index is 610. The SMILES string of the molecule is C[C@H](N)C(=O)N[C@@H](Cc1ccccc1)C(=O)NC(CCCCN)C(=O)CCl. The number of ketones is 1. The van der Waals surface area contributed by atoms with Crippen molar-refractivity contribution in [2.24, 2.45) is 11.5 Å². The Morgan fingerprint density at radius 3 is 2.22 bits per heavy atom. The van der Waals surface area contributed by atoms with Gasteiger partial charge in [-0.15, -0.1) is 11.6 Å². The van der Waals surface area contributed by atoms with Gasteiger partial charge in [-0.2, -0.15) is 0 Å². The number of carbonyl (C=O) groups excluding carboxylic acids is 3. The number of Topliss-reactive ketones (excluding diaryl/α,β-unsaturated/α-hetero) is 1. The van der Waals surface area contributed by atoms with Crippen molar-refractivity contribution in [3.63, 3.8) is 0 Å². The molecule has 0 aliphatic carbocycles. The third-order valence-corrected chi connectivity index (χ3v) is 4.38. The van der Waals surface area contributed by atoms with E-state index in [9.17, 15) is 14.4 Å². The molecule has 8 heteroatoms. The van der Waals surface area contributed by atoms with Crippen molar-refractivity contribution in [3.8, 4) is 0 Å². The second kappa shape index (κ2) is 12.4. The van der Waals surface area contributed by atoms with E-state index in [1.165, 1.54) is 0 Å². The van der Waals surface area contributed by atoms with Crippen LogP contribution < -0.4 is 22.1 Å². The molecule has 0 aliphatic rings. The van der Waals surface area contributed by atoms with Crippen LogP contribution in [-0.2, 0) is 20.8 Å². The van der Waals surface area contributed by atoms with E-state index in [4.69, 9.17) is 23.1 Å². The van der Waals surface area contributed by atoms with Gasteiger partial charge < -0.3 is 22.1 Å². The molecule has 0 fully saturated rings. The van der Waals surface area contributed by atoms with Crippen LogP contribution in [0.25, 0.3) is 0 Å². The van der Waals surface area contributed by atoms with E-state index in [0.717, 1.165) is 12.0 Å². The Kier molecular flexibility index (Phi) is 10.6. The maximum atomic E-state index is 12.8. The van der Waals surface area contributed by atoms with Crippen LogP contribution >= 0.6 is 11.6 Å². The molecule has 7 nitrogen and oxygen atoms in total. The number of halogens is 1. The van der Waals surface area contributed by atoms with Crippen LogP contribution in [-0.4, -0.2) is 48.1 Å². The molecule has 0 aliphatic heterocycles. The summed E-state index contributed by atoms with van der Waals surface area (Å²) in [7, 11) is 0. The fourth-order valence-electron chi connectivity index (χ4n) is 2.53.